The van der Waals surface area contributed by atoms with E-state index in [1.54, 1.807) is 13.0 Å². The summed E-state index contributed by atoms with van der Waals surface area (Å²) >= 11 is 0. The molecule has 4 nitrogen and oxygen atoms in total. The molecule has 0 amide bonds. The summed E-state index contributed by atoms with van der Waals surface area (Å²) in [5.74, 6) is 0.513. The van der Waals surface area contributed by atoms with E-state index in [0.717, 1.165) is 28.1 Å². The molecule has 0 saturated carbocycles. The Balaban J connectivity index is 2.03. The van der Waals surface area contributed by atoms with Crippen molar-refractivity contribution in [3.63, 3.8) is 0 Å². The Morgan fingerprint density at radius 2 is 2.05 bits per heavy atom. The standard InChI is InChI=1S/C16H21FN2O2/c1-10-7-13(17)5-6-14(10)16(20)9-19(4)8-15-11(2)18-21-12(15)3/h5-7,16,20H,8-9H2,1-4H3. The third-order valence-corrected chi connectivity index (χ3v) is 3.68. The van der Waals surface area contributed by atoms with E-state index in [1.807, 2.05) is 25.8 Å². The lowest BCUT2D eigenvalue weighted by Crippen LogP contribution is -2.25. The van der Waals surface area contributed by atoms with Gasteiger partial charge in [-0.3, -0.25) is 4.90 Å². The molecule has 1 unspecified atom stereocenters. The minimum Gasteiger partial charge on any atom is -0.387 e. The zero-order chi connectivity index (χ0) is 15.6. The van der Waals surface area contributed by atoms with Gasteiger partial charge in [0.2, 0.25) is 0 Å². The van der Waals surface area contributed by atoms with E-state index < -0.39 is 6.10 Å². The smallest absolute Gasteiger partial charge is 0.138 e. The second-order valence-electron chi connectivity index (χ2n) is 5.52. The van der Waals surface area contributed by atoms with Gasteiger partial charge in [0.15, 0.2) is 0 Å². The average Bonchev–Trinajstić information content (AvgIpc) is 2.70. The Kier molecular flexibility index (Phi) is 4.75. The van der Waals surface area contributed by atoms with Crippen molar-refractivity contribution in [2.45, 2.75) is 33.4 Å². The zero-order valence-electron chi connectivity index (χ0n) is 12.9. The van der Waals surface area contributed by atoms with E-state index in [4.69, 9.17) is 4.52 Å². The van der Waals surface area contributed by atoms with Crippen molar-refractivity contribution in [1.29, 1.82) is 0 Å². The van der Waals surface area contributed by atoms with Gasteiger partial charge in [0.25, 0.3) is 0 Å². The fraction of sp³-hybridized carbons (Fsp3) is 0.438. The molecule has 1 heterocycles. The molecule has 2 rings (SSSR count). The summed E-state index contributed by atoms with van der Waals surface area (Å²) in [5.41, 5.74) is 3.42. The zero-order valence-corrected chi connectivity index (χ0v) is 12.9. The number of nitrogens with zero attached hydrogens (tertiary/aromatic N) is 2. The van der Waals surface area contributed by atoms with E-state index >= 15 is 0 Å². The van der Waals surface area contributed by atoms with Crippen molar-refractivity contribution in [3.05, 3.63) is 52.2 Å². The number of hydrogen-bond acceptors (Lipinski definition) is 4. The summed E-state index contributed by atoms with van der Waals surface area (Å²) in [6.07, 6.45) is -0.656. The molecule has 0 bridgehead atoms. The Labute approximate surface area is 124 Å². The van der Waals surface area contributed by atoms with E-state index in [9.17, 15) is 9.50 Å². The topological polar surface area (TPSA) is 49.5 Å². The monoisotopic (exact) mass is 292 g/mol. The fourth-order valence-corrected chi connectivity index (χ4v) is 2.47. The van der Waals surface area contributed by atoms with Crippen molar-refractivity contribution in [1.82, 2.24) is 10.1 Å². The number of aliphatic hydroxyl groups excluding tert-OH is 1. The number of likely N-dealkylation sites (N-methyl/N-ethyl adjacent to an activating group) is 1. The third-order valence-electron chi connectivity index (χ3n) is 3.68. The summed E-state index contributed by atoms with van der Waals surface area (Å²) in [6, 6.07) is 4.45. The van der Waals surface area contributed by atoms with Crippen molar-refractivity contribution < 1.29 is 14.0 Å². The number of rotatable bonds is 5. The molecule has 114 valence electrons. The van der Waals surface area contributed by atoms with Gasteiger partial charge in [-0.2, -0.15) is 0 Å². The van der Waals surface area contributed by atoms with Gasteiger partial charge in [-0.15, -0.1) is 0 Å². The molecule has 2 aromatic rings. The largest absolute Gasteiger partial charge is 0.387 e. The molecular weight excluding hydrogens is 271 g/mol. The summed E-state index contributed by atoms with van der Waals surface area (Å²) in [5, 5.41) is 14.3. The number of hydrogen-bond donors (Lipinski definition) is 1. The predicted molar refractivity (Wildman–Crippen MR) is 78.4 cm³/mol. The van der Waals surface area contributed by atoms with Crippen LogP contribution < -0.4 is 0 Å². The Bertz CT molecular complexity index is 605. The molecular formula is C16H21FN2O2. The molecule has 0 aliphatic rings. The highest BCUT2D eigenvalue weighted by Gasteiger charge is 2.16. The number of aryl methyl sites for hydroxylation is 3. The van der Waals surface area contributed by atoms with Gasteiger partial charge in [-0.25, -0.2) is 4.39 Å². The predicted octanol–water partition coefficient (Wildman–Crippen LogP) is 2.90. The summed E-state index contributed by atoms with van der Waals surface area (Å²) in [4.78, 5) is 2.00. The van der Waals surface area contributed by atoms with Gasteiger partial charge >= 0.3 is 0 Å². The van der Waals surface area contributed by atoms with Crippen molar-refractivity contribution in [2.75, 3.05) is 13.6 Å². The molecule has 0 aliphatic carbocycles. The molecule has 0 radical (unpaired) electrons. The van der Waals surface area contributed by atoms with Crippen molar-refractivity contribution >= 4 is 0 Å². The highest BCUT2D eigenvalue weighted by Crippen LogP contribution is 2.21. The highest BCUT2D eigenvalue weighted by atomic mass is 19.1. The molecule has 0 aliphatic heterocycles. The molecule has 1 aromatic heterocycles. The molecule has 1 N–H and O–H groups in total. The van der Waals surface area contributed by atoms with Gasteiger partial charge in [-0.1, -0.05) is 11.2 Å². The third kappa shape index (κ3) is 3.68. The molecule has 0 saturated heterocycles. The number of aliphatic hydroxyl groups is 1. The lowest BCUT2D eigenvalue weighted by atomic mass is 10.0. The van der Waals surface area contributed by atoms with Gasteiger partial charge in [0.05, 0.1) is 11.8 Å². The van der Waals surface area contributed by atoms with E-state index in [-0.39, 0.29) is 5.82 Å². The van der Waals surface area contributed by atoms with E-state index in [2.05, 4.69) is 5.16 Å². The second-order valence-corrected chi connectivity index (χ2v) is 5.52. The van der Waals surface area contributed by atoms with Crippen LogP contribution in [0.3, 0.4) is 0 Å². The van der Waals surface area contributed by atoms with Crippen LogP contribution in [0.1, 0.15) is 34.2 Å². The van der Waals surface area contributed by atoms with Crippen molar-refractivity contribution in [3.8, 4) is 0 Å². The fourth-order valence-electron chi connectivity index (χ4n) is 2.47. The van der Waals surface area contributed by atoms with Gasteiger partial charge < -0.3 is 9.63 Å². The Hall–Kier alpha value is -1.72. The van der Waals surface area contributed by atoms with Crippen LogP contribution in [0.2, 0.25) is 0 Å². The SMILES string of the molecule is Cc1cc(F)ccc1C(O)CN(C)Cc1c(C)noc1C. The summed E-state index contributed by atoms with van der Waals surface area (Å²) in [7, 11) is 1.92. The molecule has 5 heteroatoms. The lowest BCUT2D eigenvalue weighted by Gasteiger charge is -2.21. The first kappa shape index (κ1) is 15.7. The number of benzene rings is 1. The minimum absolute atomic E-state index is 0.285. The summed E-state index contributed by atoms with van der Waals surface area (Å²) < 4.78 is 18.2. The number of aromatic nitrogens is 1. The summed E-state index contributed by atoms with van der Waals surface area (Å²) in [6.45, 7) is 6.69. The van der Waals surface area contributed by atoms with Crippen molar-refractivity contribution in [2.24, 2.45) is 0 Å². The normalized spacial score (nSPS) is 12.9. The van der Waals surface area contributed by atoms with E-state index in [1.165, 1.54) is 12.1 Å². The van der Waals surface area contributed by atoms with Gasteiger partial charge in [-0.05, 0) is 51.1 Å². The maximum atomic E-state index is 13.1. The minimum atomic E-state index is -0.656. The number of halogens is 1. The molecule has 0 spiro atoms. The second kappa shape index (κ2) is 6.37. The molecule has 0 fully saturated rings. The quantitative estimate of drug-likeness (QED) is 0.920. The van der Waals surface area contributed by atoms with E-state index in [0.29, 0.717) is 13.1 Å². The van der Waals surface area contributed by atoms with Crippen LogP contribution in [0.4, 0.5) is 4.39 Å². The van der Waals surface area contributed by atoms with Gasteiger partial charge in [0, 0.05) is 18.7 Å². The lowest BCUT2D eigenvalue weighted by molar-refractivity contribution is 0.123. The van der Waals surface area contributed by atoms with Crippen LogP contribution >= 0.6 is 0 Å². The van der Waals surface area contributed by atoms with Crippen LogP contribution in [0.5, 0.6) is 0 Å². The molecule has 21 heavy (non-hydrogen) atoms. The highest BCUT2D eigenvalue weighted by molar-refractivity contribution is 5.28. The van der Waals surface area contributed by atoms with Crippen LogP contribution in [0.25, 0.3) is 0 Å². The van der Waals surface area contributed by atoms with Gasteiger partial charge in [0.1, 0.15) is 11.6 Å². The van der Waals surface area contributed by atoms with Crippen LogP contribution in [-0.2, 0) is 6.54 Å². The maximum absolute atomic E-state index is 13.1. The maximum Gasteiger partial charge on any atom is 0.138 e. The Morgan fingerprint density at radius 3 is 2.62 bits per heavy atom. The van der Waals surface area contributed by atoms with Crippen LogP contribution in [0.15, 0.2) is 22.7 Å². The molecule has 1 atom stereocenters. The van der Waals surface area contributed by atoms with Crippen LogP contribution in [0, 0.1) is 26.6 Å². The first-order valence-corrected chi connectivity index (χ1v) is 6.93. The molecule has 1 aromatic carbocycles. The first-order chi connectivity index (χ1) is 9.88. The first-order valence-electron chi connectivity index (χ1n) is 6.93. The average molecular weight is 292 g/mol. The Morgan fingerprint density at radius 1 is 1.33 bits per heavy atom. The van der Waals surface area contributed by atoms with Crippen LogP contribution in [-0.4, -0.2) is 28.8 Å².